The molecule has 6 heteroatoms. The molecule has 2 amide bonds. The average molecular weight is 352 g/mol. The molecule has 0 bridgehead atoms. The quantitative estimate of drug-likeness (QED) is 0.616. The van der Waals surface area contributed by atoms with E-state index in [4.69, 9.17) is 4.74 Å². The summed E-state index contributed by atoms with van der Waals surface area (Å²) < 4.78 is 4.85. The third-order valence-electron chi connectivity index (χ3n) is 3.23. The Hall–Kier alpha value is -3.41. The Morgan fingerprint density at radius 1 is 0.923 bits per heavy atom. The number of ether oxygens (including phenoxy) is 1. The molecule has 0 spiro atoms. The maximum Gasteiger partial charge on any atom is 0.331 e. The molecule has 0 saturated carbocycles. The normalized spacial score (nSPS) is 9.77. The fraction of sp³-hybridized carbons (Fsp3) is 0.150. The summed E-state index contributed by atoms with van der Waals surface area (Å²) in [7, 11) is 0. The first-order chi connectivity index (χ1) is 12.5. The number of nitrogens with one attached hydrogen (secondary N) is 2. The lowest BCUT2D eigenvalue weighted by Crippen LogP contribution is -2.22. The van der Waals surface area contributed by atoms with Gasteiger partial charge in [-0.3, -0.25) is 9.59 Å². The van der Waals surface area contributed by atoms with Crippen molar-refractivity contribution in [3.63, 3.8) is 0 Å². The van der Waals surface area contributed by atoms with Gasteiger partial charge in [-0.05, 0) is 38.1 Å². The van der Waals surface area contributed by atoms with Crippen LogP contribution >= 0.6 is 0 Å². The van der Waals surface area contributed by atoms with Crippen LogP contribution in [0.1, 0.15) is 24.2 Å². The van der Waals surface area contributed by atoms with Gasteiger partial charge < -0.3 is 15.4 Å². The monoisotopic (exact) mass is 352 g/mol. The van der Waals surface area contributed by atoms with Gasteiger partial charge in [0.25, 0.3) is 11.8 Å². The van der Waals surface area contributed by atoms with Crippen LogP contribution in [0, 0.1) is 0 Å². The van der Waals surface area contributed by atoms with Gasteiger partial charge in [-0.25, -0.2) is 4.79 Å². The molecule has 0 heterocycles. The fourth-order valence-corrected chi connectivity index (χ4v) is 2.11. The maximum absolute atomic E-state index is 12.4. The second-order valence-electron chi connectivity index (χ2n) is 5.74. The number of rotatable bonds is 6. The standard InChI is InChI=1S/C20H20N2O4/c1-14(2)12-19(24)26-13-18(23)22-17-11-7-6-10-16(17)20(25)21-15-8-4-3-5-9-15/h3-12H,13H2,1-2H3,(H,21,25)(H,22,23). The van der Waals surface area contributed by atoms with Gasteiger partial charge in [-0.15, -0.1) is 0 Å². The van der Waals surface area contributed by atoms with E-state index in [1.54, 1.807) is 50.2 Å². The molecule has 0 fully saturated rings. The number of amides is 2. The highest BCUT2D eigenvalue weighted by Crippen LogP contribution is 2.17. The van der Waals surface area contributed by atoms with E-state index < -0.39 is 18.5 Å². The highest BCUT2D eigenvalue weighted by molar-refractivity contribution is 6.10. The molecule has 0 saturated heterocycles. The molecule has 2 rings (SSSR count). The van der Waals surface area contributed by atoms with Crippen molar-refractivity contribution in [3.05, 3.63) is 71.8 Å². The third kappa shape index (κ3) is 5.90. The van der Waals surface area contributed by atoms with Crippen LogP contribution < -0.4 is 10.6 Å². The topological polar surface area (TPSA) is 84.5 Å². The average Bonchev–Trinajstić information content (AvgIpc) is 2.61. The van der Waals surface area contributed by atoms with Crippen LogP contribution in [0.5, 0.6) is 0 Å². The van der Waals surface area contributed by atoms with Crippen molar-refractivity contribution in [3.8, 4) is 0 Å². The van der Waals surface area contributed by atoms with Crippen LogP contribution in [0.15, 0.2) is 66.2 Å². The molecular weight excluding hydrogens is 332 g/mol. The maximum atomic E-state index is 12.4. The van der Waals surface area contributed by atoms with Crippen molar-refractivity contribution in [1.82, 2.24) is 0 Å². The zero-order valence-electron chi connectivity index (χ0n) is 14.6. The largest absolute Gasteiger partial charge is 0.452 e. The molecule has 0 unspecified atom stereocenters. The molecular formula is C20H20N2O4. The van der Waals surface area contributed by atoms with Gasteiger partial charge >= 0.3 is 5.97 Å². The van der Waals surface area contributed by atoms with Crippen molar-refractivity contribution < 1.29 is 19.1 Å². The summed E-state index contributed by atoms with van der Waals surface area (Å²) in [5, 5.41) is 5.35. The molecule has 2 N–H and O–H groups in total. The van der Waals surface area contributed by atoms with Gasteiger partial charge in [-0.1, -0.05) is 35.9 Å². The van der Waals surface area contributed by atoms with Gasteiger partial charge in [0.15, 0.2) is 6.61 Å². The van der Waals surface area contributed by atoms with E-state index in [1.807, 2.05) is 18.2 Å². The third-order valence-corrected chi connectivity index (χ3v) is 3.23. The van der Waals surface area contributed by atoms with Gasteiger partial charge in [0, 0.05) is 11.8 Å². The van der Waals surface area contributed by atoms with Crippen molar-refractivity contribution in [2.75, 3.05) is 17.2 Å². The highest BCUT2D eigenvalue weighted by atomic mass is 16.5. The number of para-hydroxylation sites is 2. The summed E-state index contributed by atoms with van der Waals surface area (Å²) >= 11 is 0. The summed E-state index contributed by atoms with van der Waals surface area (Å²) in [6, 6.07) is 15.6. The molecule has 134 valence electrons. The van der Waals surface area contributed by atoms with Gasteiger partial charge in [0.1, 0.15) is 0 Å². The molecule has 0 aliphatic carbocycles. The number of hydrogen-bond acceptors (Lipinski definition) is 4. The Labute approximate surface area is 151 Å². The van der Waals surface area contributed by atoms with E-state index in [0.29, 0.717) is 16.9 Å². The minimum atomic E-state index is -0.588. The highest BCUT2D eigenvalue weighted by Gasteiger charge is 2.14. The Morgan fingerprint density at radius 2 is 1.58 bits per heavy atom. The summed E-state index contributed by atoms with van der Waals surface area (Å²) in [5.74, 6) is -1.47. The van der Waals surface area contributed by atoms with Crippen LogP contribution in [0.2, 0.25) is 0 Å². The Kier molecular flexibility index (Phi) is 6.68. The van der Waals surface area contributed by atoms with Crippen LogP contribution in [-0.4, -0.2) is 24.4 Å². The molecule has 0 aliphatic rings. The van der Waals surface area contributed by atoms with Gasteiger partial charge in [0.2, 0.25) is 0 Å². The molecule has 2 aromatic carbocycles. The first-order valence-corrected chi connectivity index (χ1v) is 8.02. The van der Waals surface area contributed by atoms with E-state index in [0.717, 1.165) is 5.57 Å². The number of benzene rings is 2. The summed E-state index contributed by atoms with van der Waals surface area (Å²) in [5.41, 5.74) is 2.07. The van der Waals surface area contributed by atoms with Crippen molar-refractivity contribution in [2.45, 2.75) is 13.8 Å². The predicted octanol–water partition coefficient (Wildman–Crippen LogP) is 3.39. The number of allylic oxidation sites excluding steroid dienone is 1. The molecule has 0 radical (unpaired) electrons. The van der Waals surface area contributed by atoms with E-state index >= 15 is 0 Å². The van der Waals surface area contributed by atoms with Crippen molar-refractivity contribution >= 4 is 29.2 Å². The summed E-state index contributed by atoms with van der Waals surface area (Å²) in [6.45, 7) is 3.07. The number of esters is 1. The number of carbonyl (C=O) groups excluding carboxylic acids is 3. The molecule has 26 heavy (non-hydrogen) atoms. The summed E-state index contributed by atoms with van der Waals surface area (Å²) in [6.07, 6.45) is 1.30. The minimum absolute atomic E-state index is 0.306. The lowest BCUT2D eigenvalue weighted by Gasteiger charge is -2.11. The zero-order valence-corrected chi connectivity index (χ0v) is 14.6. The van der Waals surface area contributed by atoms with Crippen LogP contribution in [-0.2, 0) is 14.3 Å². The minimum Gasteiger partial charge on any atom is -0.452 e. The van der Waals surface area contributed by atoms with Crippen molar-refractivity contribution in [1.29, 1.82) is 0 Å². The number of carbonyl (C=O) groups is 3. The lowest BCUT2D eigenvalue weighted by molar-refractivity contribution is -0.142. The Bertz CT molecular complexity index is 825. The van der Waals surface area contributed by atoms with Crippen LogP contribution in [0.25, 0.3) is 0 Å². The number of hydrogen-bond donors (Lipinski definition) is 2. The first-order valence-electron chi connectivity index (χ1n) is 8.02. The van der Waals surface area contributed by atoms with Crippen LogP contribution in [0.4, 0.5) is 11.4 Å². The smallest absolute Gasteiger partial charge is 0.331 e. The molecule has 0 aliphatic heterocycles. The summed E-state index contributed by atoms with van der Waals surface area (Å²) in [4.78, 5) is 35.9. The molecule has 2 aromatic rings. The van der Waals surface area contributed by atoms with Crippen LogP contribution in [0.3, 0.4) is 0 Å². The molecule has 0 atom stereocenters. The lowest BCUT2D eigenvalue weighted by atomic mass is 10.1. The van der Waals surface area contributed by atoms with Gasteiger partial charge in [0.05, 0.1) is 11.3 Å². The van der Waals surface area contributed by atoms with Gasteiger partial charge in [-0.2, -0.15) is 0 Å². The second-order valence-corrected chi connectivity index (χ2v) is 5.74. The molecule has 0 aromatic heterocycles. The predicted molar refractivity (Wildman–Crippen MR) is 99.9 cm³/mol. The SMILES string of the molecule is CC(C)=CC(=O)OCC(=O)Nc1ccccc1C(=O)Nc1ccccc1. The van der Waals surface area contributed by atoms with Crippen molar-refractivity contribution in [2.24, 2.45) is 0 Å². The molecule has 6 nitrogen and oxygen atoms in total. The first kappa shape index (κ1) is 18.9. The van der Waals surface area contributed by atoms with E-state index in [2.05, 4.69) is 10.6 Å². The zero-order chi connectivity index (χ0) is 18.9. The fourth-order valence-electron chi connectivity index (χ4n) is 2.11. The second kappa shape index (κ2) is 9.17. The van der Waals surface area contributed by atoms with E-state index in [9.17, 15) is 14.4 Å². The van der Waals surface area contributed by atoms with E-state index in [1.165, 1.54) is 6.08 Å². The number of anilines is 2. The van der Waals surface area contributed by atoms with E-state index in [-0.39, 0.29) is 5.91 Å². The Balaban J connectivity index is 2.02. The Morgan fingerprint density at radius 3 is 2.27 bits per heavy atom.